The summed E-state index contributed by atoms with van der Waals surface area (Å²) < 4.78 is 56.6. The van der Waals surface area contributed by atoms with Gasteiger partial charge in [-0.3, -0.25) is 0 Å². The van der Waals surface area contributed by atoms with Gasteiger partial charge in [0, 0.05) is 23.5 Å². The minimum absolute atomic E-state index is 0.0977. The van der Waals surface area contributed by atoms with E-state index in [1.165, 1.54) is 59.2 Å². The van der Waals surface area contributed by atoms with Crippen LogP contribution in [0.5, 0.6) is 5.75 Å². The fourth-order valence-electron chi connectivity index (χ4n) is 4.76. The second-order valence-corrected chi connectivity index (χ2v) is 12.0. The van der Waals surface area contributed by atoms with E-state index in [0.29, 0.717) is 28.8 Å². The predicted molar refractivity (Wildman–Crippen MR) is 163 cm³/mol. The van der Waals surface area contributed by atoms with Crippen molar-refractivity contribution in [2.75, 3.05) is 17.2 Å². The molecule has 8 nitrogen and oxygen atoms in total. The Morgan fingerprint density at radius 3 is 2.41 bits per heavy atom. The number of nitrogens with zero attached hydrogens (tertiary/aromatic N) is 5. The zero-order valence-electron chi connectivity index (χ0n) is 24.4. The molecular weight excluding hydrogens is 596 g/mol. The molecule has 4 aromatic rings. The third kappa shape index (κ3) is 7.21. The summed E-state index contributed by atoms with van der Waals surface area (Å²) in [5, 5.41) is 7.97. The number of urea groups is 1. The summed E-state index contributed by atoms with van der Waals surface area (Å²) in [6, 6.07) is 16.9. The molecule has 2 amide bonds. The van der Waals surface area contributed by atoms with Gasteiger partial charge in [-0.05, 0) is 73.4 Å². The molecule has 1 N–H and O–H groups in total. The van der Waals surface area contributed by atoms with Gasteiger partial charge in [0.25, 0.3) is 0 Å². The van der Waals surface area contributed by atoms with Crippen molar-refractivity contribution in [1.29, 1.82) is 0 Å². The van der Waals surface area contributed by atoms with Crippen molar-refractivity contribution in [1.82, 2.24) is 20.1 Å². The number of hydrogen-bond acceptors (Lipinski definition) is 5. The highest BCUT2D eigenvalue weighted by Crippen LogP contribution is 2.33. The van der Waals surface area contributed by atoms with Gasteiger partial charge in [0.1, 0.15) is 17.9 Å². The fraction of sp³-hybridized carbons (Fsp3) is 0.290. The lowest BCUT2D eigenvalue weighted by atomic mass is 9.93. The van der Waals surface area contributed by atoms with Crippen LogP contribution in [0.3, 0.4) is 0 Å². The van der Waals surface area contributed by atoms with Gasteiger partial charge < -0.3 is 15.0 Å². The molecule has 0 unspecified atom stereocenters. The minimum atomic E-state index is -4.77. The van der Waals surface area contributed by atoms with Crippen molar-refractivity contribution >= 4 is 28.6 Å². The van der Waals surface area contributed by atoms with Crippen LogP contribution in [-0.2, 0) is 5.54 Å². The first kappa shape index (κ1) is 31.0. The summed E-state index contributed by atoms with van der Waals surface area (Å²) in [6.07, 6.45) is -3.30. The molecule has 1 saturated heterocycles. The zero-order valence-corrected chi connectivity index (χ0v) is 25.2. The second kappa shape index (κ2) is 12.3. The Morgan fingerprint density at radius 1 is 1.05 bits per heavy atom. The van der Waals surface area contributed by atoms with Gasteiger partial charge >= 0.3 is 12.4 Å². The molecule has 2 heterocycles. The first-order valence-corrected chi connectivity index (χ1v) is 14.8. The van der Waals surface area contributed by atoms with Gasteiger partial charge in [-0.15, -0.1) is 18.3 Å². The highest BCUT2D eigenvalue weighted by atomic mass is 32.2. The van der Waals surface area contributed by atoms with Crippen LogP contribution in [-0.4, -0.2) is 44.6 Å². The summed E-state index contributed by atoms with van der Waals surface area (Å²) in [7, 11) is 0. The molecule has 3 aromatic carbocycles. The topological polar surface area (TPSA) is 84.6 Å². The third-order valence-electron chi connectivity index (χ3n) is 6.99. The SMILES string of the molecule is CC(C)c1cc(F)ccc1N1CCS/C1=N\C(=O)NC(C)(C)c1ccc(-c2ncn(-c3ccc(OC(F)(F)F)cc3)n2)cc1. The van der Waals surface area contributed by atoms with Gasteiger partial charge in [-0.2, -0.15) is 4.99 Å². The molecule has 1 fully saturated rings. The maximum atomic E-state index is 13.9. The molecule has 230 valence electrons. The normalized spacial score (nSPS) is 14.8. The summed E-state index contributed by atoms with van der Waals surface area (Å²) >= 11 is 1.48. The van der Waals surface area contributed by atoms with Crippen molar-refractivity contribution < 1.29 is 27.1 Å². The van der Waals surface area contributed by atoms with E-state index in [4.69, 9.17) is 0 Å². The van der Waals surface area contributed by atoms with Crippen LogP contribution in [0.2, 0.25) is 0 Å². The van der Waals surface area contributed by atoms with E-state index < -0.39 is 17.9 Å². The molecular formula is C31H30F4N6O2S. The molecule has 13 heteroatoms. The number of thioether (sulfide) groups is 1. The number of aliphatic imine (C=N–C) groups is 1. The van der Waals surface area contributed by atoms with Gasteiger partial charge in [-0.25, -0.2) is 18.9 Å². The number of halogens is 4. The van der Waals surface area contributed by atoms with Crippen LogP contribution in [0.25, 0.3) is 17.1 Å². The first-order chi connectivity index (χ1) is 20.8. The number of benzene rings is 3. The Bertz CT molecular complexity index is 1670. The van der Waals surface area contributed by atoms with Crippen LogP contribution in [0.1, 0.15) is 44.7 Å². The lowest BCUT2D eigenvalue weighted by Gasteiger charge is -2.27. The number of hydrogen-bond donors (Lipinski definition) is 1. The molecule has 1 aliphatic heterocycles. The molecule has 44 heavy (non-hydrogen) atoms. The highest BCUT2D eigenvalue weighted by Gasteiger charge is 2.31. The second-order valence-electron chi connectivity index (χ2n) is 10.9. The Kier molecular flexibility index (Phi) is 8.69. The number of amidine groups is 1. The van der Waals surface area contributed by atoms with Crippen LogP contribution in [0.4, 0.5) is 28.0 Å². The van der Waals surface area contributed by atoms with Crippen LogP contribution < -0.4 is 15.0 Å². The van der Waals surface area contributed by atoms with Crippen LogP contribution in [0, 0.1) is 5.82 Å². The molecule has 1 aliphatic rings. The van der Waals surface area contributed by atoms with E-state index in [1.54, 1.807) is 6.07 Å². The molecule has 0 radical (unpaired) electrons. The maximum Gasteiger partial charge on any atom is 0.573 e. The Hall–Kier alpha value is -4.39. The molecule has 0 bridgehead atoms. The van der Waals surface area contributed by atoms with Gasteiger partial charge in [0.05, 0.1) is 11.2 Å². The average molecular weight is 627 g/mol. The smallest absolute Gasteiger partial charge is 0.406 e. The number of carbonyl (C=O) groups is 1. The summed E-state index contributed by atoms with van der Waals surface area (Å²) in [4.78, 5) is 23.7. The minimum Gasteiger partial charge on any atom is -0.406 e. The van der Waals surface area contributed by atoms with Gasteiger partial charge in [0.2, 0.25) is 0 Å². The monoisotopic (exact) mass is 626 g/mol. The lowest BCUT2D eigenvalue weighted by Crippen LogP contribution is -2.40. The van der Waals surface area contributed by atoms with Crippen molar-refractivity contribution in [3.8, 4) is 22.8 Å². The number of nitrogens with one attached hydrogen (secondary N) is 1. The van der Waals surface area contributed by atoms with Crippen LogP contribution in [0.15, 0.2) is 78.0 Å². The van der Waals surface area contributed by atoms with Crippen molar-refractivity contribution in [3.63, 3.8) is 0 Å². The molecule has 0 atom stereocenters. The van der Waals surface area contributed by atoms with Crippen molar-refractivity contribution in [3.05, 3.63) is 90.0 Å². The van der Waals surface area contributed by atoms with E-state index in [2.05, 4.69) is 25.1 Å². The number of alkyl halides is 3. The molecule has 0 saturated carbocycles. The number of amides is 2. The van der Waals surface area contributed by atoms with Crippen molar-refractivity contribution in [2.24, 2.45) is 4.99 Å². The largest absolute Gasteiger partial charge is 0.573 e. The van der Waals surface area contributed by atoms with E-state index >= 15 is 0 Å². The molecule has 1 aromatic heterocycles. The summed E-state index contributed by atoms with van der Waals surface area (Å²) in [5.74, 6) is 0.644. The number of carbonyl (C=O) groups excluding carboxylic acids is 1. The summed E-state index contributed by atoms with van der Waals surface area (Å²) in [5.41, 5.74) is 2.99. The number of anilines is 1. The highest BCUT2D eigenvalue weighted by molar-refractivity contribution is 8.14. The van der Waals surface area contributed by atoms with E-state index in [0.717, 1.165) is 22.6 Å². The Balaban J connectivity index is 1.26. The molecule has 0 spiro atoms. The van der Waals surface area contributed by atoms with Gasteiger partial charge in [0.15, 0.2) is 11.0 Å². The number of aromatic nitrogens is 3. The Labute approximate surface area is 256 Å². The molecule has 0 aliphatic carbocycles. The maximum absolute atomic E-state index is 13.9. The average Bonchev–Trinajstić information content (AvgIpc) is 3.63. The Morgan fingerprint density at radius 2 is 1.75 bits per heavy atom. The van der Waals surface area contributed by atoms with Gasteiger partial charge in [-0.1, -0.05) is 49.9 Å². The first-order valence-electron chi connectivity index (χ1n) is 13.8. The quantitative estimate of drug-likeness (QED) is 0.212. The third-order valence-corrected chi connectivity index (χ3v) is 7.94. The van der Waals surface area contributed by atoms with E-state index in [1.807, 2.05) is 56.9 Å². The molecule has 5 rings (SSSR count). The lowest BCUT2D eigenvalue weighted by molar-refractivity contribution is -0.274. The zero-order chi connectivity index (χ0) is 31.6. The fourth-order valence-corrected chi connectivity index (χ4v) is 5.71. The number of ether oxygens (including phenoxy) is 1. The number of rotatable bonds is 7. The van der Waals surface area contributed by atoms with E-state index in [-0.39, 0.29) is 17.5 Å². The van der Waals surface area contributed by atoms with Crippen LogP contribution >= 0.6 is 11.8 Å². The summed E-state index contributed by atoms with van der Waals surface area (Å²) in [6.45, 7) is 8.40. The standard InChI is InChI=1S/C31H30F4N6O2S/c1-19(2)25-17-22(32)9-14-26(25)40-15-16-44-29(40)37-28(42)38-30(3,4)21-7-5-20(6-8-21)27-36-18-41(39-27)23-10-12-24(13-11-23)43-31(33,34)35/h5-14,17-19H,15-16H2,1-4H3,(H,38,42)/b37-29-. The predicted octanol–water partition coefficient (Wildman–Crippen LogP) is 7.65. The van der Waals surface area contributed by atoms with Crippen molar-refractivity contribution in [2.45, 2.75) is 45.5 Å². The van der Waals surface area contributed by atoms with E-state index in [9.17, 15) is 22.4 Å².